The summed E-state index contributed by atoms with van der Waals surface area (Å²) in [6.07, 6.45) is 1.56. The molecule has 0 fully saturated rings. The number of esters is 1. The Morgan fingerprint density at radius 3 is 2.61 bits per heavy atom. The number of halogens is 1. The molecule has 0 atom stereocenters. The highest BCUT2D eigenvalue weighted by atomic mass is 35.5. The molecule has 2 amide bonds. The Labute approximate surface area is 193 Å². The number of carbonyl (C=O) groups is 3. The number of hydrogen-bond acceptors (Lipinski definition) is 5. The average molecular weight is 463 g/mol. The molecule has 0 bridgehead atoms. The van der Waals surface area contributed by atoms with Crippen molar-refractivity contribution in [2.45, 2.75) is 6.54 Å². The van der Waals surface area contributed by atoms with Gasteiger partial charge in [0.25, 0.3) is 11.8 Å². The number of hydrogen-bond donors (Lipinski definition) is 3. The van der Waals surface area contributed by atoms with Crippen molar-refractivity contribution in [1.29, 1.82) is 0 Å². The van der Waals surface area contributed by atoms with E-state index in [1.807, 2.05) is 0 Å². The second kappa shape index (κ2) is 9.54. The normalized spacial score (nSPS) is 10.6. The second-order valence-electron chi connectivity index (χ2n) is 7.16. The Morgan fingerprint density at radius 1 is 1.00 bits per heavy atom. The number of anilines is 1. The zero-order valence-corrected chi connectivity index (χ0v) is 18.3. The number of rotatable bonds is 6. The van der Waals surface area contributed by atoms with E-state index in [4.69, 9.17) is 16.3 Å². The lowest BCUT2D eigenvalue weighted by atomic mass is 10.1. The van der Waals surface area contributed by atoms with Crippen LogP contribution < -0.4 is 10.6 Å². The summed E-state index contributed by atoms with van der Waals surface area (Å²) in [6.45, 7) is 0.125. The van der Waals surface area contributed by atoms with E-state index < -0.39 is 11.9 Å². The molecule has 4 aromatic rings. The Morgan fingerprint density at radius 2 is 1.82 bits per heavy atom. The summed E-state index contributed by atoms with van der Waals surface area (Å²) in [4.78, 5) is 44.5. The summed E-state index contributed by atoms with van der Waals surface area (Å²) >= 11 is 6.10. The molecule has 3 aromatic carbocycles. The predicted molar refractivity (Wildman–Crippen MR) is 124 cm³/mol. The van der Waals surface area contributed by atoms with Crippen molar-refractivity contribution < 1.29 is 19.1 Å². The van der Waals surface area contributed by atoms with Gasteiger partial charge in [0.2, 0.25) is 0 Å². The van der Waals surface area contributed by atoms with Crippen molar-refractivity contribution in [2.24, 2.45) is 0 Å². The smallest absolute Gasteiger partial charge is 0.337 e. The predicted octanol–water partition coefficient (Wildman–Crippen LogP) is 4.19. The van der Waals surface area contributed by atoms with Crippen LogP contribution in [0, 0.1) is 0 Å². The summed E-state index contributed by atoms with van der Waals surface area (Å²) < 4.78 is 4.81. The van der Waals surface area contributed by atoms with E-state index >= 15 is 0 Å². The maximum atomic E-state index is 12.6. The van der Waals surface area contributed by atoms with Gasteiger partial charge in [0.1, 0.15) is 0 Å². The topological polar surface area (TPSA) is 113 Å². The standard InChI is InChI=1S/C24H19ClN4O4/c1-33-24(32)16-8-14(9-17(10-16)29-23(31)18-4-2-3-5-19(18)25)12-26-22(30)15-6-7-20-21(11-15)28-13-27-20/h2-11,13H,12H2,1H3,(H,26,30)(H,27,28)(H,29,31). The van der Waals surface area contributed by atoms with Gasteiger partial charge in [-0.25, -0.2) is 9.78 Å². The number of nitrogens with one attached hydrogen (secondary N) is 3. The first kappa shape index (κ1) is 22.0. The fourth-order valence-corrected chi connectivity index (χ4v) is 3.53. The number of benzene rings is 3. The van der Waals surface area contributed by atoms with E-state index in [2.05, 4.69) is 20.6 Å². The molecule has 0 radical (unpaired) electrons. The minimum atomic E-state index is -0.568. The molecule has 166 valence electrons. The Kier molecular flexibility index (Phi) is 6.37. The van der Waals surface area contributed by atoms with Gasteiger partial charge in [0.15, 0.2) is 0 Å². The highest BCUT2D eigenvalue weighted by Crippen LogP contribution is 2.20. The largest absolute Gasteiger partial charge is 0.465 e. The summed E-state index contributed by atoms with van der Waals surface area (Å²) in [5.74, 6) is -1.29. The van der Waals surface area contributed by atoms with Gasteiger partial charge in [-0.1, -0.05) is 23.7 Å². The molecule has 0 saturated carbocycles. The van der Waals surface area contributed by atoms with E-state index in [9.17, 15) is 14.4 Å². The number of aromatic nitrogens is 2. The number of carbonyl (C=O) groups excluding carboxylic acids is 3. The van der Waals surface area contributed by atoms with Crippen LogP contribution in [0.5, 0.6) is 0 Å². The summed E-state index contributed by atoms with van der Waals surface area (Å²) in [5, 5.41) is 5.87. The van der Waals surface area contributed by atoms with Crippen LogP contribution in [-0.4, -0.2) is 34.9 Å². The number of aromatic amines is 1. The lowest BCUT2D eigenvalue weighted by Crippen LogP contribution is -2.23. The third-order valence-electron chi connectivity index (χ3n) is 4.93. The van der Waals surface area contributed by atoms with Gasteiger partial charge >= 0.3 is 5.97 Å². The van der Waals surface area contributed by atoms with Gasteiger partial charge < -0.3 is 20.4 Å². The minimum absolute atomic E-state index is 0.125. The number of fused-ring (bicyclic) bond motifs is 1. The van der Waals surface area contributed by atoms with E-state index in [-0.39, 0.29) is 18.0 Å². The Hall–Kier alpha value is -4.17. The first-order valence-corrected chi connectivity index (χ1v) is 10.3. The molecule has 0 aliphatic carbocycles. The second-order valence-corrected chi connectivity index (χ2v) is 7.57. The van der Waals surface area contributed by atoms with Crippen LogP contribution >= 0.6 is 11.6 Å². The van der Waals surface area contributed by atoms with Gasteiger partial charge in [-0.15, -0.1) is 0 Å². The molecule has 3 N–H and O–H groups in total. The van der Waals surface area contributed by atoms with Crippen LogP contribution in [0.1, 0.15) is 36.6 Å². The molecule has 8 nitrogen and oxygen atoms in total. The molecule has 0 aliphatic heterocycles. The first-order valence-electron chi connectivity index (χ1n) is 9.94. The zero-order valence-electron chi connectivity index (χ0n) is 17.5. The molecule has 9 heteroatoms. The summed E-state index contributed by atoms with van der Waals surface area (Å²) in [5.41, 5.74) is 3.47. The van der Waals surface area contributed by atoms with Crippen LogP contribution in [-0.2, 0) is 11.3 Å². The molecule has 0 unspecified atom stereocenters. The van der Waals surface area contributed by atoms with Crippen molar-refractivity contribution in [3.63, 3.8) is 0 Å². The molecule has 0 spiro atoms. The van der Waals surface area contributed by atoms with Crippen molar-refractivity contribution in [3.8, 4) is 0 Å². The van der Waals surface area contributed by atoms with E-state index in [0.717, 1.165) is 11.0 Å². The third kappa shape index (κ3) is 5.02. The Balaban J connectivity index is 1.54. The zero-order chi connectivity index (χ0) is 23.4. The average Bonchev–Trinajstić information content (AvgIpc) is 3.30. The number of nitrogens with zero attached hydrogens (tertiary/aromatic N) is 1. The van der Waals surface area contributed by atoms with Gasteiger partial charge in [0, 0.05) is 17.8 Å². The molecular formula is C24H19ClN4O4. The Bertz CT molecular complexity index is 1370. The quantitative estimate of drug-likeness (QED) is 0.372. The monoisotopic (exact) mass is 462 g/mol. The van der Waals surface area contributed by atoms with Gasteiger partial charge in [-0.2, -0.15) is 0 Å². The van der Waals surface area contributed by atoms with Crippen molar-refractivity contribution >= 4 is 46.1 Å². The van der Waals surface area contributed by atoms with Gasteiger partial charge in [0.05, 0.1) is 40.6 Å². The van der Waals surface area contributed by atoms with Crippen molar-refractivity contribution in [3.05, 3.63) is 94.3 Å². The molecule has 4 rings (SSSR count). The fourth-order valence-electron chi connectivity index (χ4n) is 3.31. The maximum absolute atomic E-state index is 12.6. The number of H-pyrrole nitrogens is 1. The van der Waals surface area contributed by atoms with E-state index in [0.29, 0.717) is 27.4 Å². The number of methoxy groups -OCH3 is 1. The van der Waals surface area contributed by atoms with Crippen LogP contribution in [0.25, 0.3) is 11.0 Å². The molecule has 33 heavy (non-hydrogen) atoms. The lowest BCUT2D eigenvalue weighted by Gasteiger charge is -2.12. The molecule has 0 aliphatic rings. The van der Waals surface area contributed by atoms with Crippen LogP contribution in [0.15, 0.2) is 67.0 Å². The van der Waals surface area contributed by atoms with Crippen LogP contribution in [0.2, 0.25) is 5.02 Å². The van der Waals surface area contributed by atoms with Crippen LogP contribution in [0.3, 0.4) is 0 Å². The van der Waals surface area contributed by atoms with Crippen molar-refractivity contribution in [2.75, 3.05) is 12.4 Å². The summed E-state index contributed by atoms with van der Waals surface area (Å²) in [6, 6.07) is 16.5. The van der Waals surface area contributed by atoms with E-state index in [1.165, 1.54) is 13.2 Å². The molecular weight excluding hydrogens is 444 g/mol. The number of ether oxygens (including phenoxy) is 1. The lowest BCUT2D eigenvalue weighted by molar-refractivity contribution is 0.0600. The van der Waals surface area contributed by atoms with Gasteiger partial charge in [-0.05, 0) is 54.1 Å². The molecule has 1 heterocycles. The number of amides is 2. The van der Waals surface area contributed by atoms with Crippen LogP contribution in [0.4, 0.5) is 5.69 Å². The summed E-state index contributed by atoms with van der Waals surface area (Å²) in [7, 11) is 1.27. The highest BCUT2D eigenvalue weighted by molar-refractivity contribution is 6.34. The number of imidazole rings is 1. The maximum Gasteiger partial charge on any atom is 0.337 e. The third-order valence-corrected chi connectivity index (χ3v) is 5.26. The SMILES string of the molecule is COC(=O)c1cc(CNC(=O)c2ccc3nc[nH]c3c2)cc(NC(=O)c2ccccc2Cl)c1. The fraction of sp³-hybridized carbons (Fsp3) is 0.0833. The molecule has 1 aromatic heterocycles. The minimum Gasteiger partial charge on any atom is -0.465 e. The highest BCUT2D eigenvalue weighted by Gasteiger charge is 2.14. The van der Waals surface area contributed by atoms with E-state index in [1.54, 1.807) is 60.9 Å². The van der Waals surface area contributed by atoms with Crippen molar-refractivity contribution in [1.82, 2.24) is 15.3 Å². The molecule has 0 saturated heterocycles. The van der Waals surface area contributed by atoms with Gasteiger partial charge in [-0.3, -0.25) is 9.59 Å². The first-order chi connectivity index (χ1) is 15.9.